The molecule has 0 aromatic carbocycles. The Morgan fingerprint density at radius 1 is 1.27 bits per heavy atom. The molecule has 6 heteroatoms. The fourth-order valence-electron chi connectivity index (χ4n) is 2.30. The molecule has 0 aliphatic heterocycles. The first-order chi connectivity index (χ1) is 10.7. The van der Waals surface area contributed by atoms with Crippen molar-refractivity contribution in [2.75, 3.05) is 6.54 Å². The number of hydrogen-bond donors (Lipinski definition) is 1. The zero-order chi connectivity index (χ0) is 15.4. The molecular weight excluding hydrogens is 284 g/mol. The Labute approximate surface area is 128 Å². The number of nitrogens with zero attached hydrogens (tertiary/aromatic N) is 1. The normalized spacial score (nSPS) is 13.8. The van der Waals surface area contributed by atoms with Crippen LogP contribution in [0.1, 0.15) is 35.4 Å². The Morgan fingerprint density at radius 3 is 2.77 bits per heavy atom. The van der Waals surface area contributed by atoms with E-state index in [1.54, 1.807) is 29.4 Å². The molecule has 0 unspecified atom stereocenters. The van der Waals surface area contributed by atoms with Gasteiger partial charge in [0.2, 0.25) is 5.91 Å². The summed E-state index contributed by atoms with van der Waals surface area (Å²) in [4.78, 5) is 26.0. The van der Waals surface area contributed by atoms with E-state index in [-0.39, 0.29) is 24.3 Å². The van der Waals surface area contributed by atoms with E-state index < -0.39 is 0 Å². The topological polar surface area (TPSA) is 75.7 Å². The van der Waals surface area contributed by atoms with Gasteiger partial charge < -0.3 is 19.1 Å². The number of carbonyl (C=O) groups is 2. The summed E-state index contributed by atoms with van der Waals surface area (Å²) in [5.74, 6) is 0.541. The molecule has 1 N–H and O–H groups in total. The Bertz CT molecular complexity index is 615. The van der Waals surface area contributed by atoms with E-state index in [0.29, 0.717) is 24.4 Å². The monoisotopic (exact) mass is 302 g/mol. The van der Waals surface area contributed by atoms with Gasteiger partial charge in [-0.25, -0.2) is 0 Å². The van der Waals surface area contributed by atoms with E-state index in [1.165, 1.54) is 12.5 Å². The first-order valence-electron chi connectivity index (χ1n) is 7.36. The zero-order valence-electron chi connectivity index (χ0n) is 12.2. The van der Waals surface area contributed by atoms with Crippen LogP contribution in [-0.4, -0.2) is 29.3 Å². The van der Waals surface area contributed by atoms with E-state index >= 15 is 0 Å². The Kier molecular flexibility index (Phi) is 4.27. The Hall–Kier alpha value is -2.50. The van der Waals surface area contributed by atoms with Crippen molar-refractivity contribution in [3.05, 3.63) is 48.3 Å². The third kappa shape index (κ3) is 3.58. The van der Waals surface area contributed by atoms with Crippen LogP contribution >= 0.6 is 0 Å². The van der Waals surface area contributed by atoms with Gasteiger partial charge in [0.25, 0.3) is 5.91 Å². The molecule has 0 saturated heterocycles. The maximum absolute atomic E-state index is 12.4. The van der Waals surface area contributed by atoms with Crippen LogP contribution in [0.3, 0.4) is 0 Å². The van der Waals surface area contributed by atoms with Gasteiger partial charge in [-0.3, -0.25) is 9.59 Å². The van der Waals surface area contributed by atoms with Crippen LogP contribution in [0.2, 0.25) is 0 Å². The van der Waals surface area contributed by atoms with Crippen molar-refractivity contribution < 1.29 is 18.4 Å². The summed E-state index contributed by atoms with van der Waals surface area (Å²) in [5, 5.41) is 2.78. The number of nitrogens with one attached hydrogen (secondary N) is 1. The lowest BCUT2D eigenvalue weighted by molar-refractivity contribution is -0.121. The van der Waals surface area contributed by atoms with Crippen LogP contribution in [0.15, 0.2) is 45.8 Å². The van der Waals surface area contributed by atoms with Gasteiger partial charge in [-0.1, -0.05) is 0 Å². The molecule has 1 saturated carbocycles. The molecule has 0 atom stereocenters. The molecule has 0 radical (unpaired) electrons. The number of hydrogen-bond acceptors (Lipinski definition) is 4. The number of amides is 2. The zero-order valence-corrected chi connectivity index (χ0v) is 12.2. The quantitative estimate of drug-likeness (QED) is 0.850. The van der Waals surface area contributed by atoms with Crippen LogP contribution in [0.4, 0.5) is 0 Å². The molecule has 1 aliphatic carbocycles. The van der Waals surface area contributed by atoms with Gasteiger partial charge in [0.1, 0.15) is 12.0 Å². The summed E-state index contributed by atoms with van der Waals surface area (Å²) in [5.41, 5.74) is 0.530. The summed E-state index contributed by atoms with van der Waals surface area (Å²) in [7, 11) is 0. The minimum atomic E-state index is -0.0953. The van der Waals surface area contributed by atoms with Crippen LogP contribution in [-0.2, 0) is 11.3 Å². The predicted octanol–water partition coefficient (Wildman–Crippen LogP) is 2.18. The molecule has 0 spiro atoms. The molecular formula is C16H18N2O4. The van der Waals surface area contributed by atoms with Crippen molar-refractivity contribution in [3.63, 3.8) is 0 Å². The van der Waals surface area contributed by atoms with Crippen molar-refractivity contribution in [2.45, 2.75) is 31.8 Å². The lowest BCUT2D eigenvalue weighted by Crippen LogP contribution is -2.36. The van der Waals surface area contributed by atoms with Gasteiger partial charge in [0.15, 0.2) is 0 Å². The van der Waals surface area contributed by atoms with Crippen molar-refractivity contribution in [1.29, 1.82) is 0 Å². The number of carbonyl (C=O) groups excluding carboxylic acids is 2. The Balaban J connectivity index is 1.49. The highest BCUT2D eigenvalue weighted by Crippen LogP contribution is 2.28. The standard InChI is InChI=1S/C16H18N2O4/c19-15(17-10-14-2-1-8-22-14)5-7-18(13-3-4-13)16(20)12-6-9-21-11-12/h1-2,6,8-9,11,13H,3-5,7,10H2,(H,17,19). The molecule has 2 heterocycles. The lowest BCUT2D eigenvalue weighted by atomic mass is 10.2. The minimum Gasteiger partial charge on any atom is -0.472 e. The van der Waals surface area contributed by atoms with Crippen LogP contribution < -0.4 is 5.32 Å². The first kappa shape index (κ1) is 14.4. The second-order valence-corrected chi connectivity index (χ2v) is 5.35. The number of rotatable bonds is 7. The molecule has 116 valence electrons. The van der Waals surface area contributed by atoms with E-state index in [1.807, 2.05) is 0 Å². The van der Waals surface area contributed by atoms with Gasteiger partial charge in [0, 0.05) is 19.0 Å². The second kappa shape index (κ2) is 6.51. The highest BCUT2D eigenvalue weighted by atomic mass is 16.3. The van der Waals surface area contributed by atoms with Crippen LogP contribution in [0.25, 0.3) is 0 Å². The molecule has 2 aromatic heterocycles. The molecule has 2 amide bonds. The van der Waals surface area contributed by atoms with E-state index in [9.17, 15) is 9.59 Å². The van der Waals surface area contributed by atoms with Gasteiger partial charge in [-0.05, 0) is 31.0 Å². The van der Waals surface area contributed by atoms with E-state index in [4.69, 9.17) is 8.83 Å². The molecule has 6 nitrogen and oxygen atoms in total. The molecule has 1 fully saturated rings. The van der Waals surface area contributed by atoms with E-state index in [2.05, 4.69) is 5.32 Å². The van der Waals surface area contributed by atoms with Gasteiger partial charge >= 0.3 is 0 Å². The molecule has 3 rings (SSSR count). The van der Waals surface area contributed by atoms with E-state index in [0.717, 1.165) is 12.8 Å². The third-order valence-corrected chi connectivity index (χ3v) is 3.64. The van der Waals surface area contributed by atoms with Crippen molar-refractivity contribution in [2.24, 2.45) is 0 Å². The fraction of sp³-hybridized carbons (Fsp3) is 0.375. The fourth-order valence-corrected chi connectivity index (χ4v) is 2.30. The smallest absolute Gasteiger partial charge is 0.257 e. The van der Waals surface area contributed by atoms with Crippen molar-refractivity contribution in [1.82, 2.24) is 10.2 Å². The lowest BCUT2D eigenvalue weighted by Gasteiger charge is -2.21. The molecule has 1 aliphatic rings. The Morgan fingerprint density at radius 2 is 2.14 bits per heavy atom. The maximum atomic E-state index is 12.4. The van der Waals surface area contributed by atoms with Gasteiger partial charge in [-0.15, -0.1) is 0 Å². The highest BCUT2D eigenvalue weighted by molar-refractivity contribution is 5.94. The SMILES string of the molecule is O=C(CCN(C(=O)c1ccoc1)C1CC1)NCc1ccco1. The summed E-state index contributed by atoms with van der Waals surface area (Å²) in [6, 6.07) is 5.48. The van der Waals surface area contributed by atoms with Gasteiger partial charge in [0.05, 0.1) is 24.6 Å². The summed E-state index contributed by atoms with van der Waals surface area (Å²) in [6.07, 6.45) is 6.76. The largest absolute Gasteiger partial charge is 0.472 e. The average Bonchev–Trinajstić information content (AvgIpc) is 3.03. The predicted molar refractivity (Wildman–Crippen MR) is 77.9 cm³/mol. The van der Waals surface area contributed by atoms with Crippen LogP contribution in [0, 0.1) is 0 Å². The minimum absolute atomic E-state index is 0.0740. The molecule has 22 heavy (non-hydrogen) atoms. The third-order valence-electron chi connectivity index (χ3n) is 3.64. The summed E-state index contributed by atoms with van der Waals surface area (Å²) < 4.78 is 10.1. The van der Waals surface area contributed by atoms with Crippen molar-refractivity contribution >= 4 is 11.8 Å². The maximum Gasteiger partial charge on any atom is 0.257 e. The van der Waals surface area contributed by atoms with Crippen LogP contribution in [0.5, 0.6) is 0 Å². The first-order valence-corrected chi connectivity index (χ1v) is 7.36. The van der Waals surface area contributed by atoms with Gasteiger partial charge in [-0.2, -0.15) is 0 Å². The highest BCUT2D eigenvalue weighted by Gasteiger charge is 2.33. The van der Waals surface area contributed by atoms with Crippen molar-refractivity contribution in [3.8, 4) is 0 Å². The second-order valence-electron chi connectivity index (χ2n) is 5.35. The molecule has 0 bridgehead atoms. The molecule has 2 aromatic rings. The average molecular weight is 302 g/mol. The summed E-state index contributed by atoms with van der Waals surface area (Å²) in [6.45, 7) is 0.781. The number of furan rings is 2. The summed E-state index contributed by atoms with van der Waals surface area (Å²) >= 11 is 0.